The standard InChI is InChI=1S/C22H17F2N3O2S/c1-29-15-11-9-14(10-12-15)27-19-8-3-2-7-18(19)25-22(27)30-13-20(28)26-21-16(23)5-4-6-17(21)24/h2-12H,13H2,1H3,(H,26,28). The number of ether oxygens (including phenoxy) is 1. The molecule has 1 N–H and O–H groups in total. The van der Waals surface area contributed by atoms with Crippen molar-refractivity contribution in [3.63, 3.8) is 0 Å². The fourth-order valence-corrected chi connectivity index (χ4v) is 3.83. The van der Waals surface area contributed by atoms with Gasteiger partial charge in [-0.1, -0.05) is 30.0 Å². The molecule has 0 spiro atoms. The number of halogens is 2. The molecule has 0 atom stereocenters. The van der Waals surface area contributed by atoms with Crippen LogP contribution in [0.5, 0.6) is 5.75 Å². The molecule has 4 aromatic rings. The molecule has 0 aliphatic heterocycles. The van der Waals surface area contributed by atoms with Gasteiger partial charge in [0.05, 0.1) is 23.9 Å². The van der Waals surface area contributed by atoms with Gasteiger partial charge in [0.15, 0.2) is 5.16 Å². The van der Waals surface area contributed by atoms with Gasteiger partial charge >= 0.3 is 0 Å². The van der Waals surface area contributed by atoms with E-state index < -0.39 is 23.2 Å². The number of para-hydroxylation sites is 3. The average molecular weight is 425 g/mol. The first-order valence-electron chi connectivity index (χ1n) is 9.05. The van der Waals surface area contributed by atoms with Crippen molar-refractivity contribution in [2.75, 3.05) is 18.2 Å². The van der Waals surface area contributed by atoms with Gasteiger partial charge in [0.1, 0.15) is 23.1 Å². The molecule has 0 aliphatic rings. The first-order valence-corrected chi connectivity index (χ1v) is 10.0. The van der Waals surface area contributed by atoms with Crippen molar-refractivity contribution >= 4 is 34.4 Å². The first-order chi connectivity index (χ1) is 14.6. The monoisotopic (exact) mass is 425 g/mol. The number of nitrogens with one attached hydrogen (secondary N) is 1. The van der Waals surface area contributed by atoms with Crippen LogP contribution in [0.2, 0.25) is 0 Å². The number of carbonyl (C=O) groups is 1. The van der Waals surface area contributed by atoms with Gasteiger partial charge in [-0.2, -0.15) is 0 Å². The molecule has 5 nitrogen and oxygen atoms in total. The highest BCUT2D eigenvalue weighted by Gasteiger charge is 2.16. The highest BCUT2D eigenvalue weighted by atomic mass is 32.2. The first kappa shape index (κ1) is 19.9. The van der Waals surface area contributed by atoms with Crippen molar-refractivity contribution < 1.29 is 18.3 Å². The fourth-order valence-electron chi connectivity index (χ4n) is 3.00. The number of aromatic nitrogens is 2. The number of methoxy groups -OCH3 is 1. The number of rotatable bonds is 6. The number of anilines is 1. The van der Waals surface area contributed by atoms with E-state index in [9.17, 15) is 13.6 Å². The molecule has 1 amide bonds. The largest absolute Gasteiger partial charge is 0.497 e. The van der Waals surface area contributed by atoms with Gasteiger partial charge in [0, 0.05) is 5.69 Å². The van der Waals surface area contributed by atoms with E-state index in [0.717, 1.165) is 34.6 Å². The zero-order valence-electron chi connectivity index (χ0n) is 15.9. The van der Waals surface area contributed by atoms with E-state index in [0.29, 0.717) is 5.16 Å². The van der Waals surface area contributed by atoms with Crippen molar-refractivity contribution in [3.8, 4) is 11.4 Å². The number of amides is 1. The summed E-state index contributed by atoms with van der Waals surface area (Å²) >= 11 is 1.18. The minimum atomic E-state index is -0.821. The molecule has 0 saturated carbocycles. The summed E-state index contributed by atoms with van der Waals surface area (Å²) in [6.07, 6.45) is 0. The minimum absolute atomic E-state index is 0.0623. The highest BCUT2D eigenvalue weighted by Crippen LogP contribution is 2.29. The van der Waals surface area contributed by atoms with Gasteiger partial charge in [0.2, 0.25) is 5.91 Å². The minimum Gasteiger partial charge on any atom is -0.497 e. The van der Waals surface area contributed by atoms with Crippen LogP contribution in [0.3, 0.4) is 0 Å². The number of carbonyl (C=O) groups excluding carboxylic acids is 1. The molecule has 1 aromatic heterocycles. The van der Waals surface area contributed by atoms with Crippen molar-refractivity contribution in [3.05, 3.63) is 78.4 Å². The molecule has 3 aromatic carbocycles. The molecule has 0 saturated heterocycles. The Morgan fingerprint density at radius 1 is 1.03 bits per heavy atom. The molecule has 0 bridgehead atoms. The number of benzene rings is 3. The van der Waals surface area contributed by atoms with Crippen LogP contribution in [0.15, 0.2) is 71.9 Å². The maximum Gasteiger partial charge on any atom is 0.235 e. The maximum absolute atomic E-state index is 13.8. The lowest BCUT2D eigenvalue weighted by Gasteiger charge is -2.10. The van der Waals surface area contributed by atoms with Crippen LogP contribution >= 0.6 is 11.8 Å². The lowest BCUT2D eigenvalue weighted by molar-refractivity contribution is -0.113. The number of nitrogens with zero attached hydrogens (tertiary/aromatic N) is 2. The van der Waals surface area contributed by atoms with Gasteiger partial charge in [-0.15, -0.1) is 0 Å². The Balaban J connectivity index is 1.60. The van der Waals surface area contributed by atoms with Crippen LogP contribution in [0, 0.1) is 11.6 Å². The van der Waals surface area contributed by atoms with E-state index in [2.05, 4.69) is 10.3 Å². The summed E-state index contributed by atoms with van der Waals surface area (Å²) < 4.78 is 34.7. The molecule has 8 heteroatoms. The van der Waals surface area contributed by atoms with Gasteiger partial charge in [0.25, 0.3) is 0 Å². The third kappa shape index (κ3) is 3.99. The smallest absolute Gasteiger partial charge is 0.235 e. The zero-order valence-corrected chi connectivity index (χ0v) is 16.7. The SMILES string of the molecule is COc1ccc(-n2c(SCC(=O)Nc3c(F)cccc3F)nc3ccccc32)cc1. The third-order valence-corrected chi connectivity index (χ3v) is 5.36. The summed E-state index contributed by atoms with van der Waals surface area (Å²) in [6.45, 7) is 0. The Hall–Kier alpha value is -3.39. The molecule has 30 heavy (non-hydrogen) atoms. The van der Waals surface area contributed by atoms with Gasteiger partial charge in [-0.25, -0.2) is 13.8 Å². The number of hydrogen-bond donors (Lipinski definition) is 1. The van der Waals surface area contributed by atoms with Crippen molar-refractivity contribution in [2.45, 2.75) is 5.16 Å². The number of hydrogen-bond acceptors (Lipinski definition) is 4. The lowest BCUT2D eigenvalue weighted by Crippen LogP contribution is -2.16. The molecule has 0 unspecified atom stereocenters. The Bertz CT molecular complexity index is 1190. The lowest BCUT2D eigenvalue weighted by atomic mass is 10.2. The van der Waals surface area contributed by atoms with E-state index in [1.54, 1.807) is 7.11 Å². The molecular weight excluding hydrogens is 408 g/mol. The Morgan fingerprint density at radius 3 is 2.43 bits per heavy atom. The third-order valence-electron chi connectivity index (χ3n) is 4.42. The summed E-state index contributed by atoms with van der Waals surface area (Å²) in [5.74, 6) is -1.51. The second-order valence-corrected chi connectivity index (χ2v) is 7.29. The molecule has 4 rings (SSSR count). The summed E-state index contributed by atoms with van der Waals surface area (Å²) in [7, 11) is 1.60. The highest BCUT2D eigenvalue weighted by molar-refractivity contribution is 7.99. The summed E-state index contributed by atoms with van der Waals surface area (Å²) in [5.41, 5.74) is 2.06. The van der Waals surface area contributed by atoms with Crippen LogP contribution in [-0.4, -0.2) is 28.3 Å². The summed E-state index contributed by atoms with van der Waals surface area (Å²) in [5, 5.41) is 2.88. The summed E-state index contributed by atoms with van der Waals surface area (Å²) in [6, 6.07) is 18.5. The zero-order chi connectivity index (χ0) is 21.1. The Kier molecular flexibility index (Phi) is 5.67. The molecule has 0 fully saturated rings. The van der Waals surface area contributed by atoms with Crippen LogP contribution < -0.4 is 10.1 Å². The predicted octanol–water partition coefficient (Wildman–Crippen LogP) is 5.04. The Morgan fingerprint density at radius 2 is 1.73 bits per heavy atom. The number of imidazole rings is 1. The van der Waals surface area contributed by atoms with Crippen molar-refractivity contribution in [2.24, 2.45) is 0 Å². The fraction of sp³-hybridized carbons (Fsp3) is 0.0909. The number of thioether (sulfide) groups is 1. The summed E-state index contributed by atoms with van der Waals surface area (Å²) in [4.78, 5) is 16.9. The molecule has 152 valence electrons. The van der Waals surface area contributed by atoms with E-state index in [4.69, 9.17) is 4.74 Å². The maximum atomic E-state index is 13.8. The topological polar surface area (TPSA) is 56.1 Å². The predicted molar refractivity (Wildman–Crippen MR) is 113 cm³/mol. The normalized spacial score (nSPS) is 10.9. The van der Waals surface area contributed by atoms with Crippen LogP contribution in [-0.2, 0) is 4.79 Å². The molecular formula is C22H17F2N3O2S. The molecule has 1 heterocycles. The van der Waals surface area contributed by atoms with Crippen LogP contribution in [0.25, 0.3) is 16.7 Å². The van der Waals surface area contributed by atoms with Crippen LogP contribution in [0.4, 0.5) is 14.5 Å². The Labute approximate surface area is 175 Å². The van der Waals surface area contributed by atoms with E-state index in [1.165, 1.54) is 17.8 Å². The second-order valence-electron chi connectivity index (χ2n) is 6.35. The number of fused-ring (bicyclic) bond motifs is 1. The van der Waals surface area contributed by atoms with Crippen molar-refractivity contribution in [1.82, 2.24) is 9.55 Å². The van der Waals surface area contributed by atoms with Crippen LogP contribution in [0.1, 0.15) is 0 Å². The van der Waals surface area contributed by atoms with Gasteiger partial charge in [-0.3, -0.25) is 9.36 Å². The average Bonchev–Trinajstić information content (AvgIpc) is 3.13. The van der Waals surface area contributed by atoms with E-state index in [1.807, 2.05) is 53.1 Å². The van der Waals surface area contributed by atoms with Gasteiger partial charge < -0.3 is 10.1 Å². The quantitative estimate of drug-likeness (QED) is 0.440. The molecule has 0 radical (unpaired) electrons. The van der Waals surface area contributed by atoms with Crippen molar-refractivity contribution in [1.29, 1.82) is 0 Å². The van der Waals surface area contributed by atoms with E-state index >= 15 is 0 Å². The second kappa shape index (κ2) is 8.54. The van der Waals surface area contributed by atoms with Gasteiger partial charge in [-0.05, 0) is 48.5 Å². The molecule has 0 aliphatic carbocycles. The van der Waals surface area contributed by atoms with E-state index in [-0.39, 0.29) is 5.75 Å².